The molecule has 0 radical (unpaired) electrons. The fourth-order valence-corrected chi connectivity index (χ4v) is 3.91. The number of rotatable bonds is 8. The Labute approximate surface area is 205 Å². The summed E-state index contributed by atoms with van der Waals surface area (Å²) in [6.07, 6.45) is 0.425. The Morgan fingerprint density at radius 3 is 2.29 bits per heavy atom. The van der Waals surface area contributed by atoms with Crippen LogP contribution >= 0.6 is 23.2 Å². The molecule has 178 valence electrons. The highest BCUT2D eigenvalue weighted by Crippen LogP contribution is 2.28. The van der Waals surface area contributed by atoms with Crippen LogP contribution in [0.15, 0.2) is 65.6 Å². The molecule has 0 bridgehead atoms. The van der Waals surface area contributed by atoms with Crippen molar-refractivity contribution in [2.24, 2.45) is 0 Å². The molecule has 0 aliphatic rings. The first-order valence-electron chi connectivity index (χ1n) is 9.90. The Morgan fingerprint density at radius 2 is 1.68 bits per heavy atom. The highest BCUT2D eigenvalue weighted by molar-refractivity contribution is 7.87. The second-order valence-corrected chi connectivity index (χ2v) is 9.32. The van der Waals surface area contributed by atoms with Crippen molar-refractivity contribution in [1.29, 1.82) is 0 Å². The number of halogens is 3. The van der Waals surface area contributed by atoms with Crippen LogP contribution in [-0.2, 0) is 19.1 Å². The second-order valence-electron chi connectivity index (χ2n) is 6.96. The van der Waals surface area contributed by atoms with Crippen molar-refractivity contribution in [3.63, 3.8) is 0 Å². The Morgan fingerprint density at radius 1 is 0.971 bits per heavy atom. The van der Waals surface area contributed by atoms with Gasteiger partial charge in [0.1, 0.15) is 10.6 Å². The van der Waals surface area contributed by atoms with E-state index in [-0.39, 0.29) is 39.1 Å². The van der Waals surface area contributed by atoms with Crippen molar-refractivity contribution in [1.82, 2.24) is 0 Å². The lowest BCUT2D eigenvalue weighted by molar-refractivity contribution is -0.133. The lowest BCUT2D eigenvalue weighted by atomic mass is 10.2. The van der Waals surface area contributed by atoms with Gasteiger partial charge in [0.25, 0.3) is 5.91 Å². The van der Waals surface area contributed by atoms with Crippen molar-refractivity contribution in [2.75, 3.05) is 5.32 Å². The molecule has 0 aliphatic carbocycles. The van der Waals surface area contributed by atoms with Gasteiger partial charge in [0.2, 0.25) is 0 Å². The number of hydrogen-bond acceptors (Lipinski definition) is 6. The van der Waals surface area contributed by atoms with Gasteiger partial charge in [0.15, 0.2) is 11.6 Å². The Balaban J connectivity index is 1.68. The number of nitrogens with one attached hydrogen (secondary N) is 1. The van der Waals surface area contributed by atoms with Gasteiger partial charge in [0, 0.05) is 23.7 Å². The van der Waals surface area contributed by atoms with E-state index in [1.807, 2.05) is 0 Å². The predicted octanol–water partition coefficient (Wildman–Crippen LogP) is 6.21. The molecular formula is C23H18Cl2FNO6S. The standard InChI is InChI=1S/C23H18Cl2FNO6S/c1-2-3-22(28)33-34(30,31)17-8-6-16(7-9-17)32-21-11-5-15(13-20(21)26)27-23(29)14-4-10-18(24)19(25)12-14/h4-13H,2-3H2,1H3,(H,27,29). The molecule has 0 spiro atoms. The summed E-state index contributed by atoms with van der Waals surface area (Å²) in [5, 5.41) is 3.05. The monoisotopic (exact) mass is 525 g/mol. The lowest BCUT2D eigenvalue weighted by Crippen LogP contribution is -2.12. The molecular weight excluding hydrogens is 508 g/mol. The minimum atomic E-state index is -4.26. The molecule has 1 amide bonds. The van der Waals surface area contributed by atoms with Crippen LogP contribution in [0.2, 0.25) is 10.0 Å². The number of anilines is 1. The zero-order chi connectivity index (χ0) is 24.9. The molecule has 0 unspecified atom stereocenters. The fourth-order valence-electron chi connectivity index (χ4n) is 2.72. The van der Waals surface area contributed by atoms with Crippen LogP contribution in [0.25, 0.3) is 0 Å². The first-order chi connectivity index (χ1) is 16.1. The highest BCUT2D eigenvalue weighted by atomic mass is 35.5. The summed E-state index contributed by atoms with van der Waals surface area (Å²) < 4.78 is 48.7. The van der Waals surface area contributed by atoms with Gasteiger partial charge in [-0.05, 0) is 61.0 Å². The molecule has 0 fully saturated rings. The molecule has 3 aromatic rings. The molecule has 3 aromatic carbocycles. The van der Waals surface area contributed by atoms with Crippen molar-refractivity contribution < 1.29 is 31.3 Å². The SMILES string of the molecule is CCCC(=O)OS(=O)(=O)c1ccc(Oc2ccc(NC(=O)c3ccc(Cl)c(Cl)c3)cc2F)cc1. The van der Waals surface area contributed by atoms with Gasteiger partial charge >= 0.3 is 16.1 Å². The van der Waals surface area contributed by atoms with Crippen LogP contribution in [0.4, 0.5) is 10.1 Å². The van der Waals surface area contributed by atoms with Gasteiger partial charge in [-0.1, -0.05) is 30.1 Å². The summed E-state index contributed by atoms with van der Waals surface area (Å²) in [7, 11) is -4.26. The maximum atomic E-state index is 14.5. The second kappa shape index (κ2) is 10.9. The quantitative estimate of drug-likeness (QED) is 0.351. The number of benzene rings is 3. The normalized spacial score (nSPS) is 11.1. The third-order valence-electron chi connectivity index (χ3n) is 4.37. The zero-order valence-corrected chi connectivity index (χ0v) is 20.0. The summed E-state index contributed by atoms with van der Waals surface area (Å²) in [4.78, 5) is 23.6. The largest absolute Gasteiger partial charge is 0.454 e. The Hall–Kier alpha value is -3.14. The molecule has 11 heteroatoms. The third kappa shape index (κ3) is 6.47. The van der Waals surface area contributed by atoms with Gasteiger partial charge in [-0.15, -0.1) is 0 Å². The van der Waals surface area contributed by atoms with Crippen LogP contribution in [-0.4, -0.2) is 20.3 Å². The van der Waals surface area contributed by atoms with Crippen molar-refractivity contribution in [3.05, 3.63) is 82.1 Å². The first-order valence-corrected chi connectivity index (χ1v) is 12.1. The molecule has 0 saturated carbocycles. The first kappa shape index (κ1) is 25.5. The smallest absolute Gasteiger partial charge is 0.341 e. The van der Waals surface area contributed by atoms with E-state index >= 15 is 0 Å². The minimum Gasteiger partial charge on any atom is -0.454 e. The van der Waals surface area contributed by atoms with E-state index in [0.29, 0.717) is 11.4 Å². The topological polar surface area (TPSA) is 98.8 Å². The van der Waals surface area contributed by atoms with E-state index in [4.69, 9.17) is 27.9 Å². The summed E-state index contributed by atoms with van der Waals surface area (Å²) in [6, 6.07) is 13.1. The van der Waals surface area contributed by atoms with Crippen LogP contribution < -0.4 is 10.1 Å². The molecule has 1 N–H and O–H groups in total. The maximum absolute atomic E-state index is 14.5. The fraction of sp³-hybridized carbons (Fsp3) is 0.130. The van der Waals surface area contributed by atoms with E-state index in [0.717, 1.165) is 6.07 Å². The Kier molecular flexibility index (Phi) is 8.14. The zero-order valence-electron chi connectivity index (χ0n) is 17.7. The average Bonchev–Trinajstić information content (AvgIpc) is 2.77. The summed E-state index contributed by atoms with van der Waals surface area (Å²) >= 11 is 11.7. The average molecular weight is 526 g/mol. The van der Waals surface area contributed by atoms with Crippen LogP contribution in [0, 0.1) is 5.82 Å². The lowest BCUT2D eigenvalue weighted by Gasteiger charge is -2.10. The summed E-state index contributed by atoms with van der Waals surface area (Å²) in [6.45, 7) is 1.72. The summed E-state index contributed by atoms with van der Waals surface area (Å²) in [5.41, 5.74) is 0.418. The highest BCUT2D eigenvalue weighted by Gasteiger charge is 2.20. The van der Waals surface area contributed by atoms with E-state index in [1.165, 1.54) is 54.6 Å². The minimum absolute atomic E-state index is 0.0242. The summed E-state index contributed by atoms with van der Waals surface area (Å²) in [5.74, 6) is -2.14. The predicted molar refractivity (Wildman–Crippen MR) is 126 cm³/mol. The van der Waals surface area contributed by atoms with Gasteiger partial charge < -0.3 is 14.2 Å². The van der Waals surface area contributed by atoms with Crippen molar-refractivity contribution >= 4 is 50.9 Å². The van der Waals surface area contributed by atoms with E-state index < -0.39 is 27.8 Å². The number of amides is 1. The molecule has 7 nitrogen and oxygen atoms in total. The van der Waals surface area contributed by atoms with E-state index in [1.54, 1.807) is 6.92 Å². The maximum Gasteiger partial charge on any atom is 0.341 e. The number of ether oxygens (including phenoxy) is 1. The molecule has 0 aromatic heterocycles. The third-order valence-corrected chi connectivity index (χ3v) is 6.36. The van der Waals surface area contributed by atoms with Gasteiger partial charge in [-0.25, -0.2) is 4.39 Å². The molecule has 0 atom stereocenters. The number of hydrogen-bond donors (Lipinski definition) is 1. The van der Waals surface area contributed by atoms with Gasteiger partial charge in [0.05, 0.1) is 10.0 Å². The molecule has 0 aliphatic heterocycles. The van der Waals surface area contributed by atoms with Gasteiger partial charge in [-0.3, -0.25) is 9.59 Å². The van der Waals surface area contributed by atoms with Crippen molar-refractivity contribution in [2.45, 2.75) is 24.7 Å². The van der Waals surface area contributed by atoms with E-state index in [2.05, 4.69) is 9.50 Å². The van der Waals surface area contributed by atoms with Crippen LogP contribution in [0.5, 0.6) is 11.5 Å². The van der Waals surface area contributed by atoms with Crippen LogP contribution in [0.3, 0.4) is 0 Å². The number of carbonyl (C=O) groups excluding carboxylic acids is 2. The molecule has 0 heterocycles. The Bertz CT molecular complexity index is 1330. The molecule has 0 saturated heterocycles. The van der Waals surface area contributed by atoms with Crippen LogP contribution in [0.1, 0.15) is 30.1 Å². The van der Waals surface area contributed by atoms with Gasteiger partial charge in [-0.2, -0.15) is 8.42 Å². The number of carbonyl (C=O) groups is 2. The molecule has 3 rings (SSSR count). The van der Waals surface area contributed by atoms with Crippen molar-refractivity contribution in [3.8, 4) is 11.5 Å². The molecule has 34 heavy (non-hydrogen) atoms. The van der Waals surface area contributed by atoms with E-state index in [9.17, 15) is 22.4 Å².